The normalized spacial score (nSPS) is 12.1. The minimum atomic E-state index is -1.47. The summed E-state index contributed by atoms with van der Waals surface area (Å²) in [6.45, 7) is 1.70. The fourth-order valence-electron chi connectivity index (χ4n) is 1.01. The summed E-state index contributed by atoms with van der Waals surface area (Å²) in [4.78, 5) is 21.6. The van der Waals surface area contributed by atoms with Gasteiger partial charge in [0, 0.05) is 19.0 Å². The molecule has 88 valence electrons. The third-order valence-corrected chi connectivity index (χ3v) is 1.85. The number of hydrogen-bond donors (Lipinski definition) is 3. The molecule has 0 spiro atoms. The molecule has 7 nitrogen and oxygen atoms in total. The van der Waals surface area contributed by atoms with Gasteiger partial charge in [-0.25, -0.2) is 4.79 Å². The second kappa shape index (κ2) is 5.26. The van der Waals surface area contributed by atoms with E-state index in [0.717, 1.165) is 0 Å². The third-order valence-electron chi connectivity index (χ3n) is 1.85. The number of amides is 1. The van der Waals surface area contributed by atoms with E-state index in [1.807, 2.05) is 0 Å². The fraction of sp³-hybridized carbons (Fsp3) is 0.444. The van der Waals surface area contributed by atoms with E-state index in [0.29, 0.717) is 5.76 Å². The fourth-order valence-corrected chi connectivity index (χ4v) is 1.01. The van der Waals surface area contributed by atoms with Gasteiger partial charge >= 0.3 is 5.97 Å². The lowest BCUT2D eigenvalue weighted by Gasteiger charge is -2.05. The van der Waals surface area contributed by atoms with Crippen LogP contribution in [-0.4, -0.2) is 39.9 Å². The van der Waals surface area contributed by atoms with Crippen LogP contribution in [0.1, 0.15) is 22.7 Å². The van der Waals surface area contributed by atoms with E-state index in [2.05, 4.69) is 10.5 Å². The molecule has 1 unspecified atom stereocenters. The highest BCUT2D eigenvalue weighted by atomic mass is 16.5. The molecule has 7 heteroatoms. The SMILES string of the molecule is Cc1cc(C(=O)NCCC(O)C(=O)O)no1. The van der Waals surface area contributed by atoms with Crippen LogP contribution in [-0.2, 0) is 4.79 Å². The van der Waals surface area contributed by atoms with Crippen LogP contribution in [0.5, 0.6) is 0 Å². The molecule has 0 aromatic carbocycles. The molecule has 1 atom stereocenters. The van der Waals surface area contributed by atoms with Crippen LogP contribution < -0.4 is 5.32 Å². The molecule has 1 aromatic rings. The van der Waals surface area contributed by atoms with Gasteiger partial charge in [-0.05, 0) is 6.92 Å². The van der Waals surface area contributed by atoms with E-state index in [4.69, 9.17) is 14.7 Å². The van der Waals surface area contributed by atoms with Crippen molar-refractivity contribution in [1.29, 1.82) is 0 Å². The molecule has 0 bridgehead atoms. The molecule has 1 heterocycles. The van der Waals surface area contributed by atoms with E-state index < -0.39 is 18.0 Å². The number of hydrogen-bond acceptors (Lipinski definition) is 5. The number of aromatic nitrogens is 1. The van der Waals surface area contributed by atoms with Crippen LogP contribution in [0.25, 0.3) is 0 Å². The zero-order chi connectivity index (χ0) is 12.1. The summed E-state index contributed by atoms with van der Waals surface area (Å²) in [6, 6.07) is 1.46. The number of nitrogens with zero attached hydrogens (tertiary/aromatic N) is 1. The molecule has 1 amide bonds. The number of aliphatic hydroxyl groups excluding tert-OH is 1. The Hall–Kier alpha value is -1.89. The Morgan fingerprint density at radius 2 is 2.31 bits per heavy atom. The molecule has 0 fully saturated rings. The van der Waals surface area contributed by atoms with Gasteiger partial charge in [-0.3, -0.25) is 4.79 Å². The zero-order valence-corrected chi connectivity index (χ0v) is 8.64. The Bertz CT molecular complexity index is 387. The van der Waals surface area contributed by atoms with E-state index in [1.54, 1.807) is 6.92 Å². The maximum Gasteiger partial charge on any atom is 0.332 e. The molecule has 0 radical (unpaired) electrons. The van der Waals surface area contributed by atoms with Gasteiger partial charge in [0.25, 0.3) is 5.91 Å². The molecule has 16 heavy (non-hydrogen) atoms. The lowest BCUT2D eigenvalue weighted by molar-refractivity contribution is -0.146. The van der Waals surface area contributed by atoms with Crippen molar-refractivity contribution in [3.63, 3.8) is 0 Å². The Morgan fingerprint density at radius 1 is 1.62 bits per heavy atom. The number of aliphatic hydroxyl groups is 1. The molecule has 1 aromatic heterocycles. The highest BCUT2D eigenvalue weighted by Crippen LogP contribution is 2.01. The predicted molar refractivity (Wildman–Crippen MR) is 51.8 cm³/mol. The standard InChI is InChI=1S/C9H12N2O5/c1-5-4-6(11-16-5)8(13)10-3-2-7(12)9(14)15/h4,7,12H,2-3H2,1H3,(H,10,13)(H,14,15). The van der Waals surface area contributed by atoms with Crippen LogP contribution >= 0.6 is 0 Å². The lowest BCUT2D eigenvalue weighted by atomic mass is 10.2. The van der Waals surface area contributed by atoms with Crippen molar-refractivity contribution < 1.29 is 24.3 Å². The number of aliphatic carboxylic acids is 1. The smallest absolute Gasteiger partial charge is 0.332 e. The summed E-state index contributed by atoms with van der Waals surface area (Å²) in [5.41, 5.74) is 0.127. The molecular weight excluding hydrogens is 216 g/mol. The van der Waals surface area contributed by atoms with Crippen molar-refractivity contribution in [2.45, 2.75) is 19.4 Å². The number of nitrogens with one attached hydrogen (secondary N) is 1. The summed E-state index contributed by atoms with van der Waals surface area (Å²) in [7, 11) is 0. The highest BCUT2D eigenvalue weighted by Gasteiger charge is 2.14. The van der Waals surface area contributed by atoms with Crippen molar-refractivity contribution >= 4 is 11.9 Å². The number of rotatable bonds is 5. The molecule has 3 N–H and O–H groups in total. The van der Waals surface area contributed by atoms with E-state index in [9.17, 15) is 9.59 Å². The van der Waals surface area contributed by atoms with Crippen molar-refractivity contribution in [3.8, 4) is 0 Å². The van der Waals surface area contributed by atoms with Crippen molar-refractivity contribution in [3.05, 3.63) is 17.5 Å². The largest absolute Gasteiger partial charge is 0.479 e. The number of aryl methyl sites for hydroxylation is 1. The summed E-state index contributed by atoms with van der Waals surface area (Å²) in [6.07, 6.45) is -1.53. The minimum absolute atomic E-state index is 0.0538. The van der Waals surface area contributed by atoms with Crippen molar-refractivity contribution in [2.75, 3.05) is 6.54 Å². The molecule has 0 aliphatic heterocycles. The predicted octanol–water partition coefficient (Wildman–Crippen LogP) is -0.452. The topological polar surface area (TPSA) is 113 Å². The van der Waals surface area contributed by atoms with Crippen LogP contribution in [0.3, 0.4) is 0 Å². The minimum Gasteiger partial charge on any atom is -0.479 e. The Labute approximate surface area is 91.0 Å². The lowest BCUT2D eigenvalue weighted by Crippen LogP contribution is -2.30. The van der Waals surface area contributed by atoms with Crippen molar-refractivity contribution in [2.24, 2.45) is 0 Å². The number of carboxylic acids is 1. The second-order valence-electron chi connectivity index (χ2n) is 3.22. The van der Waals surface area contributed by atoms with Crippen LogP contribution in [0.4, 0.5) is 0 Å². The van der Waals surface area contributed by atoms with E-state index >= 15 is 0 Å². The zero-order valence-electron chi connectivity index (χ0n) is 8.64. The van der Waals surface area contributed by atoms with Crippen LogP contribution in [0.15, 0.2) is 10.6 Å². The summed E-state index contributed by atoms with van der Waals surface area (Å²) in [5, 5.41) is 23.2. The van der Waals surface area contributed by atoms with Gasteiger partial charge in [-0.1, -0.05) is 5.16 Å². The van der Waals surface area contributed by atoms with Crippen LogP contribution in [0, 0.1) is 6.92 Å². The first-order chi connectivity index (χ1) is 7.50. The Balaban J connectivity index is 2.34. The van der Waals surface area contributed by atoms with Crippen molar-refractivity contribution in [1.82, 2.24) is 10.5 Å². The average molecular weight is 228 g/mol. The second-order valence-corrected chi connectivity index (χ2v) is 3.22. The quantitative estimate of drug-likeness (QED) is 0.629. The molecule has 0 saturated carbocycles. The van der Waals surface area contributed by atoms with E-state index in [-0.39, 0.29) is 18.7 Å². The molecule has 1 rings (SSSR count). The average Bonchev–Trinajstić information content (AvgIpc) is 2.64. The maximum atomic E-state index is 11.3. The summed E-state index contributed by atoms with van der Waals surface area (Å²) < 4.78 is 4.70. The molecule has 0 saturated heterocycles. The monoisotopic (exact) mass is 228 g/mol. The first-order valence-electron chi connectivity index (χ1n) is 4.63. The first kappa shape index (κ1) is 12.2. The maximum absolute atomic E-state index is 11.3. The van der Waals surface area contributed by atoms with Gasteiger partial charge in [0.2, 0.25) is 0 Å². The molecule has 0 aliphatic rings. The third kappa shape index (κ3) is 3.35. The molecular formula is C9H12N2O5. The number of carboxylic acid groups (broad SMARTS) is 1. The van der Waals surface area contributed by atoms with E-state index in [1.165, 1.54) is 6.07 Å². The van der Waals surface area contributed by atoms with Gasteiger partial charge in [0.1, 0.15) is 5.76 Å². The Kier molecular flexibility index (Phi) is 4.01. The van der Waals surface area contributed by atoms with Gasteiger partial charge in [0.05, 0.1) is 0 Å². The van der Waals surface area contributed by atoms with Gasteiger partial charge < -0.3 is 20.1 Å². The summed E-state index contributed by atoms with van der Waals surface area (Å²) in [5.74, 6) is -1.27. The summed E-state index contributed by atoms with van der Waals surface area (Å²) >= 11 is 0. The van der Waals surface area contributed by atoms with Gasteiger partial charge in [-0.2, -0.15) is 0 Å². The number of carbonyl (C=O) groups excluding carboxylic acids is 1. The highest BCUT2D eigenvalue weighted by molar-refractivity contribution is 5.92. The van der Waals surface area contributed by atoms with Gasteiger partial charge in [0.15, 0.2) is 11.8 Å². The first-order valence-corrected chi connectivity index (χ1v) is 4.63. The number of carbonyl (C=O) groups is 2. The van der Waals surface area contributed by atoms with Crippen LogP contribution in [0.2, 0.25) is 0 Å². The molecule has 0 aliphatic carbocycles. The van der Waals surface area contributed by atoms with Gasteiger partial charge in [-0.15, -0.1) is 0 Å². The Morgan fingerprint density at radius 3 is 2.81 bits per heavy atom.